The first-order chi connectivity index (χ1) is 7.31. The monoisotopic (exact) mass is 322 g/mol. The van der Waals surface area contributed by atoms with E-state index in [2.05, 4.69) is 36.1 Å². The minimum atomic E-state index is 0.920. The Morgan fingerprint density at radius 2 is 1.60 bits per heavy atom. The Hall–Kier alpha value is 0.470. The molecule has 0 aromatic heterocycles. The predicted molar refractivity (Wildman–Crippen MR) is 79.8 cm³/mol. The summed E-state index contributed by atoms with van der Waals surface area (Å²) in [5, 5.41) is 0. The summed E-state index contributed by atoms with van der Waals surface area (Å²) in [6.07, 6.45) is 15.9. The first-order valence-electron chi connectivity index (χ1n) is 6.56. The summed E-state index contributed by atoms with van der Waals surface area (Å²) < 4.78 is 0.920. The van der Waals surface area contributed by atoms with Gasteiger partial charge in [0.1, 0.15) is 0 Å². The van der Waals surface area contributed by atoms with Gasteiger partial charge in [0.2, 0.25) is 0 Å². The number of rotatable bonds is 11. The maximum Gasteiger partial charge on any atom is 0.0110 e. The lowest BCUT2D eigenvalue weighted by molar-refractivity contribution is 0.578. The van der Waals surface area contributed by atoms with Crippen LogP contribution in [0.3, 0.4) is 0 Å². The highest BCUT2D eigenvalue weighted by molar-refractivity contribution is 14.1. The first kappa shape index (κ1) is 15.5. The number of hydrogen-bond donors (Lipinski definition) is 0. The smallest absolute Gasteiger partial charge is 0.0110 e. The van der Waals surface area contributed by atoms with E-state index in [-0.39, 0.29) is 0 Å². The lowest BCUT2D eigenvalue weighted by Crippen LogP contribution is -1.97. The molecule has 90 valence electrons. The molecule has 0 amide bonds. The Labute approximate surface area is 110 Å². The second-order valence-electron chi connectivity index (χ2n) is 4.37. The molecule has 0 N–H and O–H groups in total. The van der Waals surface area contributed by atoms with Gasteiger partial charge in [-0.25, -0.2) is 0 Å². The molecule has 15 heavy (non-hydrogen) atoms. The maximum absolute atomic E-state index is 3.75. The second-order valence-corrected chi connectivity index (χ2v) is 6.13. The Bertz CT molecular complexity index is 131. The fourth-order valence-electron chi connectivity index (χ4n) is 1.77. The van der Waals surface area contributed by atoms with Crippen LogP contribution in [0, 0.1) is 0 Å². The van der Waals surface area contributed by atoms with E-state index in [1.165, 1.54) is 64.2 Å². The third-order valence-corrected chi connectivity index (χ3v) is 4.04. The van der Waals surface area contributed by atoms with Crippen LogP contribution >= 0.6 is 22.6 Å². The van der Waals surface area contributed by atoms with Gasteiger partial charge < -0.3 is 0 Å². The van der Waals surface area contributed by atoms with Gasteiger partial charge in [-0.05, 0) is 25.7 Å². The summed E-state index contributed by atoms with van der Waals surface area (Å²) >= 11 is 2.63. The number of unbranched alkanes of at least 4 members (excludes halogenated alkanes) is 6. The zero-order chi connectivity index (χ0) is 11.4. The lowest BCUT2D eigenvalue weighted by atomic mass is 10.1. The van der Waals surface area contributed by atoms with Crippen LogP contribution in [-0.2, 0) is 0 Å². The molecule has 0 aromatic carbocycles. The van der Waals surface area contributed by atoms with Crippen LogP contribution in [0.4, 0.5) is 0 Å². The normalized spacial score (nSPS) is 12.7. The molecule has 0 spiro atoms. The number of halogens is 1. The number of alkyl halides is 1. The van der Waals surface area contributed by atoms with Crippen molar-refractivity contribution in [2.24, 2.45) is 0 Å². The van der Waals surface area contributed by atoms with Gasteiger partial charge >= 0.3 is 0 Å². The minimum Gasteiger partial charge on any atom is -0.103 e. The molecule has 0 aliphatic rings. The van der Waals surface area contributed by atoms with E-state index in [9.17, 15) is 0 Å². The summed E-state index contributed by atoms with van der Waals surface area (Å²) in [7, 11) is 0. The largest absolute Gasteiger partial charge is 0.103 e. The summed E-state index contributed by atoms with van der Waals surface area (Å²) in [6, 6.07) is 0. The predicted octanol–water partition coefficient (Wildman–Crippen LogP) is 5.90. The van der Waals surface area contributed by atoms with E-state index in [1.54, 1.807) is 0 Å². The Morgan fingerprint density at radius 1 is 1.00 bits per heavy atom. The number of hydrogen-bond acceptors (Lipinski definition) is 0. The zero-order valence-corrected chi connectivity index (χ0v) is 12.5. The molecule has 0 radical (unpaired) electrons. The van der Waals surface area contributed by atoms with E-state index in [4.69, 9.17) is 0 Å². The average Bonchev–Trinajstić information content (AvgIpc) is 2.24. The molecule has 0 nitrogen and oxygen atoms in total. The van der Waals surface area contributed by atoms with Crippen LogP contribution in [0.1, 0.15) is 71.1 Å². The van der Waals surface area contributed by atoms with Crippen LogP contribution < -0.4 is 0 Å². The quantitative estimate of drug-likeness (QED) is 0.192. The third kappa shape index (κ3) is 12.4. The van der Waals surface area contributed by atoms with Crippen LogP contribution in [0.5, 0.6) is 0 Å². The zero-order valence-electron chi connectivity index (χ0n) is 10.3. The Morgan fingerprint density at radius 3 is 2.13 bits per heavy atom. The highest BCUT2D eigenvalue weighted by Crippen LogP contribution is 2.19. The Kier molecular flexibility index (Phi) is 12.9. The molecule has 1 unspecified atom stereocenters. The standard InChI is InChI=1S/C14H27I/c1-3-5-7-9-11-13-14(15)12-10-8-6-4-2/h3,14H,1,4-13H2,2H3. The van der Waals surface area contributed by atoms with Gasteiger partial charge in [-0.3, -0.25) is 0 Å². The summed E-state index contributed by atoms with van der Waals surface area (Å²) in [5.41, 5.74) is 0. The number of allylic oxidation sites excluding steroid dienone is 1. The highest BCUT2D eigenvalue weighted by atomic mass is 127. The molecular formula is C14H27I. The van der Waals surface area contributed by atoms with E-state index < -0.39 is 0 Å². The van der Waals surface area contributed by atoms with Crippen molar-refractivity contribution in [1.29, 1.82) is 0 Å². The van der Waals surface area contributed by atoms with Gasteiger partial charge in [-0.2, -0.15) is 0 Å². The van der Waals surface area contributed by atoms with Crippen LogP contribution in [0.2, 0.25) is 0 Å². The second kappa shape index (κ2) is 12.5. The van der Waals surface area contributed by atoms with Gasteiger partial charge in [-0.15, -0.1) is 6.58 Å². The average molecular weight is 322 g/mol. The molecule has 0 bridgehead atoms. The molecule has 0 heterocycles. The molecule has 0 rings (SSSR count). The molecule has 1 heteroatoms. The highest BCUT2D eigenvalue weighted by Gasteiger charge is 2.02. The molecule has 0 aliphatic heterocycles. The lowest BCUT2D eigenvalue weighted by Gasteiger charge is -2.08. The van der Waals surface area contributed by atoms with Crippen LogP contribution in [0.15, 0.2) is 12.7 Å². The SMILES string of the molecule is C=CCCCCCC(I)CCCCCC. The molecule has 1 atom stereocenters. The van der Waals surface area contributed by atoms with E-state index >= 15 is 0 Å². The summed E-state index contributed by atoms with van der Waals surface area (Å²) in [4.78, 5) is 0. The van der Waals surface area contributed by atoms with Gasteiger partial charge in [-0.1, -0.05) is 74.1 Å². The van der Waals surface area contributed by atoms with Crippen molar-refractivity contribution in [1.82, 2.24) is 0 Å². The van der Waals surface area contributed by atoms with Gasteiger partial charge in [0.25, 0.3) is 0 Å². The summed E-state index contributed by atoms with van der Waals surface area (Å²) in [6.45, 7) is 6.03. The summed E-state index contributed by atoms with van der Waals surface area (Å²) in [5.74, 6) is 0. The minimum absolute atomic E-state index is 0.920. The van der Waals surface area contributed by atoms with Crippen LogP contribution in [0.25, 0.3) is 0 Å². The van der Waals surface area contributed by atoms with E-state index in [1.807, 2.05) is 6.08 Å². The first-order valence-corrected chi connectivity index (χ1v) is 7.80. The third-order valence-electron chi connectivity index (χ3n) is 2.80. The van der Waals surface area contributed by atoms with Crippen molar-refractivity contribution in [2.75, 3.05) is 0 Å². The van der Waals surface area contributed by atoms with Crippen molar-refractivity contribution in [3.8, 4) is 0 Å². The van der Waals surface area contributed by atoms with Crippen LogP contribution in [-0.4, -0.2) is 3.92 Å². The van der Waals surface area contributed by atoms with Gasteiger partial charge in [0.15, 0.2) is 0 Å². The van der Waals surface area contributed by atoms with Gasteiger partial charge in [0, 0.05) is 3.92 Å². The van der Waals surface area contributed by atoms with E-state index in [0.717, 1.165) is 3.92 Å². The van der Waals surface area contributed by atoms with Gasteiger partial charge in [0.05, 0.1) is 0 Å². The topological polar surface area (TPSA) is 0 Å². The van der Waals surface area contributed by atoms with E-state index in [0.29, 0.717) is 0 Å². The van der Waals surface area contributed by atoms with Crippen molar-refractivity contribution in [3.05, 3.63) is 12.7 Å². The molecule has 0 fully saturated rings. The van der Waals surface area contributed by atoms with Crippen molar-refractivity contribution >= 4 is 22.6 Å². The molecule has 0 aromatic rings. The van der Waals surface area contributed by atoms with Crippen molar-refractivity contribution in [2.45, 2.75) is 75.1 Å². The fourth-order valence-corrected chi connectivity index (χ4v) is 2.65. The molecular weight excluding hydrogens is 295 g/mol. The fraction of sp³-hybridized carbons (Fsp3) is 0.857. The Balaban J connectivity index is 3.11. The molecule has 0 saturated heterocycles. The van der Waals surface area contributed by atoms with Crippen molar-refractivity contribution < 1.29 is 0 Å². The molecule has 0 saturated carbocycles. The molecule has 0 aliphatic carbocycles. The van der Waals surface area contributed by atoms with Crippen molar-refractivity contribution in [3.63, 3.8) is 0 Å². The maximum atomic E-state index is 3.75.